The van der Waals surface area contributed by atoms with Crippen molar-refractivity contribution in [1.29, 1.82) is 0 Å². The Morgan fingerprint density at radius 1 is 1.29 bits per heavy atom. The highest BCUT2D eigenvalue weighted by molar-refractivity contribution is 7.98. The van der Waals surface area contributed by atoms with Crippen LogP contribution in [0.15, 0.2) is 0 Å². The summed E-state index contributed by atoms with van der Waals surface area (Å²) in [6.07, 6.45) is 7.86. The summed E-state index contributed by atoms with van der Waals surface area (Å²) in [5, 5.41) is 0. The maximum absolute atomic E-state index is 2.77. The van der Waals surface area contributed by atoms with Crippen LogP contribution in [-0.2, 0) is 0 Å². The Bertz CT molecular complexity index is 230. The van der Waals surface area contributed by atoms with Crippen molar-refractivity contribution >= 4 is 11.8 Å². The first-order valence-electron chi connectivity index (χ1n) is 7.21. The third-order valence-electron chi connectivity index (χ3n) is 4.54. The molecule has 0 amide bonds. The molecule has 0 aromatic heterocycles. The maximum Gasteiger partial charge on any atom is 0.0224 e. The van der Waals surface area contributed by atoms with Crippen LogP contribution in [0.4, 0.5) is 0 Å². The molecular formula is C14H28N2S. The average Bonchev–Trinajstić information content (AvgIpc) is 2.35. The average molecular weight is 256 g/mol. The number of rotatable bonds is 4. The van der Waals surface area contributed by atoms with Gasteiger partial charge in [0, 0.05) is 31.2 Å². The predicted octanol–water partition coefficient (Wildman–Crippen LogP) is 2.69. The molecule has 17 heavy (non-hydrogen) atoms. The number of nitrogens with zero attached hydrogens (tertiary/aromatic N) is 2. The molecule has 3 unspecified atom stereocenters. The first kappa shape index (κ1) is 13.7. The highest BCUT2D eigenvalue weighted by atomic mass is 32.2. The largest absolute Gasteiger partial charge is 0.298 e. The molecule has 2 heterocycles. The van der Waals surface area contributed by atoms with Crippen LogP contribution in [0.3, 0.4) is 0 Å². The van der Waals surface area contributed by atoms with E-state index >= 15 is 0 Å². The lowest BCUT2D eigenvalue weighted by molar-refractivity contribution is -0.00442. The van der Waals surface area contributed by atoms with Gasteiger partial charge in [-0.05, 0) is 51.7 Å². The fourth-order valence-electron chi connectivity index (χ4n) is 3.44. The molecule has 0 radical (unpaired) electrons. The number of thioether (sulfide) groups is 1. The van der Waals surface area contributed by atoms with E-state index in [-0.39, 0.29) is 0 Å². The summed E-state index contributed by atoms with van der Waals surface area (Å²) in [7, 11) is 0. The topological polar surface area (TPSA) is 6.48 Å². The molecule has 2 aliphatic heterocycles. The maximum atomic E-state index is 2.77. The van der Waals surface area contributed by atoms with Crippen LogP contribution in [0.1, 0.15) is 39.5 Å². The molecule has 0 aromatic carbocycles. The van der Waals surface area contributed by atoms with Gasteiger partial charge in [-0.1, -0.05) is 6.42 Å². The standard InChI is InChI=1S/C14H28N2S/c1-12(7-9-17-3)16-11-14-6-4-5-8-15(14)10-13(16)2/h12-14H,4-11H2,1-3H3. The van der Waals surface area contributed by atoms with Crippen LogP contribution in [0, 0.1) is 0 Å². The molecule has 100 valence electrons. The van der Waals surface area contributed by atoms with Gasteiger partial charge in [-0.2, -0.15) is 11.8 Å². The summed E-state index contributed by atoms with van der Waals surface area (Å²) < 4.78 is 0. The Kier molecular flexibility index (Phi) is 5.19. The van der Waals surface area contributed by atoms with E-state index in [1.54, 1.807) is 0 Å². The minimum atomic E-state index is 0.751. The van der Waals surface area contributed by atoms with Crippen LogP contribution in [0.2, 0.25) is 0 Å². The second kappa shape index (κ2) is 6.44. The van der Waals surface area contributed by atoms with Crippen molar-refractivity contribution in [2.24, 2.45) is 0 Å². The van der Waals surface area contributed by atoms with Gasteiger partial charge in [0.15, 0.2) is 0 Å². The van der Waals surface area contributed by atoms with Crippen molar-refractivity contribution in [3.63, 3.8) is 0 Å². The van der Waals surface area contributed by atoms with Crippen LogP contribution in [-0.4, -0.2) is 59.6 Å². The molecule has 0 spiro atoms. The molecule has 0 aliphatic carbocycles. The Morgan fingerprint density at radius 3 is 2.88 bits per heavy atom. The lowest BCUT2D eigenvalue weighted by atomic mass is 9.96. The van der Waals surface area contributed by atoms with Gasteiger partial charge in [0.05, 0.1) is 0 Å². The van der Waals surface area contributed by atoms with Crippen LogP contribution >= 0.6 is 11.8 Å². The molecular weight excluding hydrogens is 228 g/mol. The molecule has 0 bridgehead atoms. The van der Waals surface area contributed by atoms with Gasteiger partial charge in [0.1, 0.15) is 0 Å². The van der Waals surface area contributed by atoms with Crippen molar-refractivity contribution in [2.45, 2.75) is 57.7 Å². The van der Waals surface area contributed by atoms with E-state index in [2.05, 4.69) is 29.9 Å². The van der Waals surface area contributed by atoms with E-state index in [0.717, 1.165) is 18.1 Å². The van der Waals surface area contributed by atoms with E-state index in [1.165, 1.54) is 51.1 Å². The smallest absolute Gasteiger partial charge is 0.0224 e. The highest BCUT2D eigenvalue weighted by Gasteiger charge is 2.34. The van der Waals surface area contributed by atoms with Gasteiger partial charge in [-0.25, -0.2) is 0 Å². The quantitative estimate of drug-likeness (QED) is 0.763. The van der Waals surface area contributed by atoms with Crippen molar-refractivity contribution in [1.82, 2.24) is 9.80 Å². The third-order valence-corrected chi connectivity index (χ3v) is 5.19. The second-order valence-corrected chi connectivity index (χ2v) is 6.81. The summed E-state index contributed by atoms with van der Waals surface area (Å²) in [6, 6.07) is 2.37. The zero-order chi connectivity index (χ0) is 12.3. The van der Waals surface area contributed by atoms with E-state index in [4.69, 9.17) is 0 Å². The summed E-state index contributed by atoms with van der Waals surface area (Å²) in [4.78, 5) is 5.51. The van der Waals surface area contributed by atoms with E-state index in [9.17, 15) is 0 Å². The summed E-state index contributed by atoms with van der Waals surface area (Å²) in [5.74, 6) is 1.30. The zero-order valence-electron chi connectivity index (χ0n) is 11.7. The second-order valence-electron chi connectivity index (χ2n) is 5.82. The van der Waals surface area contributed by atoms with Gasteiger partial charge in [0.25, 0.3) is 0 Å². The van der Waals surface area contributed by atoms with Crippen LogP contribution in [0.25, 0.3) is 0 Å². The first-order chi connectivity index (χ1) is 8.22. The molecule has 2 saturated heterocycles. The van der Waals surface area contributed by atoms with E-state index in [1.807, 2.05) is 11.8 Å². The molecule has 3 atom stereocenters. The van der Waals surface area contributed by atoms with E-state index in [0.29, 0.717) is 0 Å². The number of hydrogen-bond acceptors (Lipinski definition) is 3. The molecule has 0 aromatic rings. The van der Waals surface area contributed by atoms with Gasteiger partial charge in [0.2, 0.25) is 0 Å². The number of hydrogen-bond donors (Lipinski definition) is 0. The lowest BCUT2D eigenvalue weighted by Gasteiger charge is -2.49. The van der Waals surface area contributed by atoms with Crippen molar-refractivity contribution < 1.29 is 0 Å². The van der Waals surface area contributed by atoms with Gasteiger partial charge < -0.3 is 0 Å². The zero-order valence-corrected chi connectivity index (χ0v) is 12.5. The van der Waals surface area contributed by atoms with Gasteiger partial charge in [-0.15, -0.1) is 0 Å². The normalized spacial score (nSPS) is 33.4. The molecule has 2 rings (SSSR count). The SMILES string of the molecule is CSCCC(C)N1CC2CCCCN2CC1C. The lowest BCUT2D eigenvalue weighted by Crippen LogP contribution is -2.60. The van der Waals surface area contributed by atoms with Crippen molar-refractivity contribution in [3.8, 4) is 0 Å². The van der Waals surface area contributed by atoms with Crippen LogP contribution in [0.5, 0.6) is 0 Å². The Hall–Kier alpha value is 0.270. The highest BCUT2D eigenvalue weighted by Crippen LogP contribution is 2.26. The minimum Gasteiger partial charge on any atom is -0.298 e. The molecule has 0 saturated carbocycles. The number of piperazine rings is 1. The summed E-state index contributed by atoms with van der Waals surface area (Å²) in [6.45, 7) is 8.80. The predicted molar refractivity (Wildman–Crippen MR) is 77.8 cm³/mol. The molecule has 2 fully saturated rings. The fourth-order valence-corrected chi connectivity index (χ4v) is 4.02. The molecule has 0 N–H and O–H groups in total. The summed E-state index contributed by atoms with van der Waals surface area (Å²) >= 11 is 1.98. The monoisotopic (exact) mass is 256 g/mol. The van der Waals surface area contributed by atoms with Crippen LogP contribution < -0.4 is 0 Å². The summed E-state index contributed by atoms with van der Waals surface area (Å²) in [5.41, 5.74) is 0. The molecule has 2 aliphatic rings. The van der Waals surface area contributed by atoms with Gasteiger partial charge >= 0.3 is 0 Å². The van der Waals surface area contributed by atoms with E-state index < -0.39 is 0 Å². The Balaban J connectivity index is 1.89. The minimum absolute atomic E-state index is 0.751. The number of piperidine rings is 1. The van der Waals surface area contributed by atoms with Crippen molar-refractivity contribution in [2.75, 3.05) is 31.6 Å². The Labute approximate surface area is 111 Å². The third kappa shape index (κ3) is 3.39. The fraction of sp³-hybridized carbons (Fsp3) is 1.00. The number of fused-ring (bicyclic) bond motifs is 1. The molecule has 3 heteroatoms. The van der Waals surface area contributed by atoms with Gasteiger partial charge in [-0.3, -0.25) is 9.80 Å². The van der Waals surface area contributed by atoms with Crippen molar-refractivity contribution in [3.05, 3.63) is 0 Å². The first-order valence-corrected chi connectivity index (χ1v) is 8.60. The Morgan fingerprint density at radius 2 is 2.12 bits per heavy atom. The molecule has 2 nitrogen and oxygen atoms in total.